The molecule has 0 aromatic rings. The van der Waals surface area contributed by atoms with Gasteiger partial charge in [-0.25, -0.2) is 0 Å². The fourth-order valence-corrected chi connectivity index (χ4v) is 3.91. The van der Waals surface area contributed by atoms with Gasteiger partial charge in [0.05, 0.1) is 0 Å². The minimum atomic E-state index is -0.135. The average molecular weight is 397 g/mol. The molecule has 0 radical (unpaired) electrons. The van der Waals surface area contributed by atoms with Gasteiger partial charge in [0.2, 0.25) is 5.91 Å². The van der Waals surface area contributed by atoms with E-state index >= 15 is 0 Å². The van der Waals surface area contributed by atoms with Crippen LogP contribution in [0, 0.1) is 5.92 Å². The summed E-state index contributed by atoms with van der Waals surface area (Å²) in [6.45, 7) is 15.1. The Morgan fingerprint density at radius 1 is 1.07 bits per heavy atom. The second-order valence-corrected chi connectivity index (χ2v) is 8.43. The van der Waals surface area contributed by atoms with Gasteiger partial charge in [0.25, 0.3) is 0 Å². The van der Waals surface area contributed by atoms with Crippen LogP contribution in [0.2, 0.25) is 0 Å². The summed E-state index contributed by atoms with van der Waals surface area (Å²) in [4.78, 5) is 20.5. The largest absolute Gasteiger partial charge is 0.369 e. The molecule has 0 aromatic carbocycles. The summed E-state index contributed by atoms with van der Waals surface area (Å²) in [6, 6.07) is 1.16. The number of nitrogens with one attached hydrogen (secondary N) is 2. The van der Waals surface area contributed by atoms with Crippen molar-refractivity contribution < 1.29 is 4.79 Å². The first-order valence-corrected chi connectivity index (χ1v) is 11.1. The Labute approximate surface area is 172 Å². The molecule has 0 unspecified atom stereocenters. The maximum absolute atomic E-state index is 11.2. The van der Waals surface area contributed by atoms with E-state index in [2.05, 4.69) is 53.1 Å². The van der Waals surface area contributed by atoms with E-state index in [0.717, 1.165) is 77.3 Å². The van der Waals surface area contributed by atoms with Crippen LogP contribution >= 0.6 is 0 Å². The highest BCUT2D eigenvalue weighted by Gasteiger charge is 2.22. The Morgan fingerprint density at radius 2 is 1.64 bits per heavy atom. The summed E-state index contributed by atoms with van der Waals surface area (Å²) >= 11 is 0. The topological polar surface area (TPSA) is 86.0 Å². The normalized spacial score (nSPS) is 16.9. The number of primary amides is 1. The number of guanidine groups is 1. The lowest BCUT2D eigenvalue weighted by Gasteiger charge is -2.30. The molecule has 7 heteroatoms. The fourth-order valence-electron chi connectivity index (χ4n) is 3.91. The predicted octanol–water partition coefficient (Wildman–Crippen LogP) is 1.64. The smallest absolute Gasteiger partial charge is 0.220 e. The van der Waals surface area contributed by atoms with Crippen molar-refractivity contribution in [1.82, 2.24) is 20.4 Å². The number of amides is 1. The number of nitrogens with two attached hydrogens (primary N) is 1. The van der Waals surface area contributed by atoms with E-state index in [4.69, 9.17) is 5.73 Å². The number of aliphatic imine (C=N–C) groups is 1. The summed E-state index contributed by atoms with van der Waals surface area (Å²) in [6.07, 6.45) is 5.20. The Morgan fingerprint density at radius 3 is 2.14 bits per heavy atom. The van der Waals surface area contributed by atoms with E-state index in [-0.39, 0.29) is 11.8 Å². The third kappa shape index (κ3) is 9.73. The lowest BCUT2D eigenvalue weighted by Crippen LogP contribution is -2.41. The zero-order valence-corrected chi connectivity index (χ0v) is 18.8. The highest BCUT2D eigenvalue weighted by Crippen LogP contribution is 2.16. The maximum Gasteiger partial charge on any atom is 0.220 e. The first-order valence-electron chi connectivity index (χ1n) is 11.1. The number of unbranched alkanes of at least 4 members (excludes halogenated alkanes) is 1. The molecule has 4 N–H and O–H groups in total. The molecule has 1 heterocycles. The molecule has 1 aliphatic rings. The summed E-state index contributed by atoms with van der Waals surface area (Å²) in [5.41, 5.74) is 5.39. The van der Waals surface area contributed by atoms with Crippen LogP contribution in [0.25, 0.3) is 0 Å². The van der Waals surface area contributed by atoms with Gasteiger partial charge < -0.3 is 21.3 Å². The van der Waals surface area contributed by atoms with Gasteiger partial charge in [-0.2, -0.15) is 0 Å². The van der Waals surface area contributed by atoms with E-state index in [1.54, 1.807) is 0 Å². The molecular weight excluding hydrogens is 352 g/mol. The third-order valence-electron chi connectivity index (χ3n) is 5.62. The van der Waals surface area contributed by atoms with Crippen molar-refractivity contribution in [1.29, 1.82) is 0 Å². The van der Waals surface area contributed by atoms with Gasteiger partial charge in [-0.15, -0.1) is 0 Å². The second kappa shape index (κ2) is 13.8. The molecule has 1 amide bonds. The highest BCUT2D eigenvalue weighted by molar-refractivity contribution is 5.79. The van der Waals surface area contributed by atoms with E-state index in [1.165, 1.54) is 0 Å². The molecule has 0 spiro atoms. The molecular formula is C21H44N6O. The van der Waals surface area contributed by atoms with Gasteiger partial charge in [0, 0.05) is 44.7 Å². The molecule has 0 atom stereocenters. The minimum absolute atomic E-state index is 0.0838. The van der Waals surface area contributed by atoms with E-state index < -0.39 is 0 Å². The monoisotopic (exact) mass is 396 g/mol. The van der Waals surface area contributed by atoms with Crippen LogP contribution < -0.4 is 16.4 Å². The number of rotatable bonds is 12. The Hall–Kier alpha value is -1.34. The van der Waals surface area contributed by atoms with Gasteiger partial charge in [-0.3, -0.25) is 14.7 Å². The number of hydrogen-bond acceptors (Lipinski definition) is 4. The number of nitrogens with zero attached hydrogens (tertiary/aromatic N) is 3. The van der Waals surface area contributed by atoms with E-state index in [0.29, 0.717) is 12.1 Å². The first kappa shape index (κ1) is 24.7. The molecule has 28 heavy (non-hydrogen) atoms. The van der Waals surface area contributed by atoms with Crippen LogP contribution in [0.4, 0.5) is 0 Å². The minimum Gasteiger partial charge on any atom is -0.369 e. The molecule has 1 fully saturated rings. The van der Waals surface area contributed by atoms with Gasteiger partial charge >= 0.3 is 0 Å². The van der Waals surface area contributed by atoms with Crippen molar-refractivity contribution in [3.8, 4) is 0 Å². The molecule has 1 aliphatic heterocycles. The summed E-state index contributed by atoms with van der Waals surface area (Å²) < 4.78 is 0. The molecule has 1 saturated heterocycles. The van der Waals surface area contributed by atoms with Crippen LogP contribution in [0.15, 0.2) is 4.99 Å². The van der Waals surface area contributed by atoms with Crippen molar-refractivity contribution in [2.45, 2.75) is 71.9 Å². The van der Waals surface area contributed by atoms with Crippen LogP contribution in [0.3, 0.4) is 0 Å². The van der Waals surface area contributed by atoms with Crippen molar-refractivity contribution in [3.63, 3.8) is 0 Å². The van der Waals surface area contributed by atoms with Crippen molar-refractivity contribution in [2.75, 3.05) is 46.3 Å². The fraction of sp³-hybridized carbons (Fsp3) is 0.905. The first-order chi connectivity index (χ1) is 13.3. The van der Waals surface area contributed by atoms with Crippen LogP contribution in [0.1, 0.15) is 59.8 Å². The molecule has 164 valence electrons. The van der Waals surface area contributed by atoms with E-state index in [9.17, 15) is 4.79 Å². The number of carbonyl (C=O) groups excluding carboxylic acids is 1. The van der Waals surface area contributed by atoms with Gasteiger partial charge in [0.1, 0.15) is 0 Å². The molecule has 0 aliphatic carbocycles. The Bertz CT molecular complexity index is 450. The lowest BCUT2D eigenvalue weighted by molar-refractivity contribution is -0.123. The van der Waals surface area contributed by atoms with Crippen LogP contribution in [-0.4, -0.2) is 80.1 Å². The standard InChI is InChI=1S/C21H44N6O/c1-17(2)27(18(3)4)14-8-12-25-21(23-5)24-11-6-7-13-26-15-9-19(10-16-26)20(22)28/h17-19H,6-16H2,1-5H3,(H2,22,28)(H2,23,24,25). The second-order valence-electron chi connectivity index (χ2n) is 8.43. The number of likely N-dealkylation sites (tertiary alicyclic amines) is 1. The number of piperidine rings is 1. The highest BCUT2D eigenvalue weighted by atomic mass is 16.1. The van der Waals surface area contributed by atoms with Crippen molar-refractivity contribution in [2.24, 2.45) is 16.6 Å². The SMILES string of the molecule is CN=C(NCCCCN1CCC(C(N)=O)CC1)NCCCN(C(C)C)C(C)C. The zero-order valence-electron chi connectivity index (χ0n) is 18.8. The summed E-state index contributed by atoms with van der Waals surface area (Å²) in [5.74, 6) is 0.840. The predicted molar refractivity (Wildman–Crippen MR) is 119 cm³/mol. The van der Waals surface area contributed by atoms with Crippen LogP contribution in [0.5, 0.6) is 0 Å². The summed E-state index contributed by atoms with van der Waals surface area (Å²) in [7, 11) is 1.83. The average Bonchev–Trinajstić information content (AvgIpc) is 2.65. The van der Waals surface area contributed by atoms with Crippen molar-refractivity contribution >= 4 is 11.9 Å². The van der Waals surface area contributed by atoms with Gasteiger partial charge in [-0.1, -0.05) is 0 Å². The molecule has 1 rings (SSSR count). The molecule has 0 aromatic heterocycles. The Balaban J connectivity index is 2.08. The van der Waals surface area contributed by atoms with Crippen LogP contribution in [-0.2, 0) is 4.79 Å². The Kier molecular flexibility index (Phi) is 12.1. The number of carbonyl (C=O) groups is 1. The van der Waals surface area contributed by atoms with Gasteiger partial charge in [-0.05, 0) is 79.4 Å². The molecule has 0 bridgehead atoms. The third-order valence-corrected chi connectivity index (χ3v) is 5.62. The molecule has 0 saturated carbocycles. The van der Waals surface area contributed by atoms with Gasteiger partial charge in [0.15, 0.2) is 5.96 Å². The summed E-state index contributed by atoms with van der Waals surface area (Å²) in [5, 5.41) is 6.82. The lowest BCUT2D eigenvalue weighted by atomic mass is 9.96. The zero-order chi connectivity index (χ0) is 20.9. The van der Waals surface area contributed by atoms with E-state index in [1.807, 2.05) is 7.05 Å². The molecule has 7 nitrogen and oxygen atoms in total. The number of hydrogen-bond donors (Lipinski definition) is 3. The maximum atomic E-state index is 11.2. The van der Waals surface area contributed by atoms with Crippen molar-refractivity contribution in [3.05, 3.63) is 0 Å². The quantitative estimate of drug-likeness (QED) is 0.265.